The van der Waals surface area contributed by atoms with Gasteiger partial charge in [0.15, 0.2) is 0 Å². The van der Waals surface area contributed by atoms with Crippen LogP contribution in [-0.4, -0.2) is 0 Å². The van der Waals surface area contributed by atoms with Crippen molar-refractivity contribution in [3.05, 3.63) is 32.8 Å². The number of alkyl halides is 3. The summed E-state index contributed by atoms with van der Waals surface area (Å²) in [4.78, 5) is 0. The Morgan fingerprint density at radius 1 is 1.27 bits per heavy atom. The molecule has 0 N–H and O–H groups in total. The second-order valence-electron chi connectivity index (χ2n) is 3.51. The number of benzene rings is 1. The van der Waals surface area contributed by atoms with Gasteiger partial charge in [0.1, 0.15) is 0 Å². The van der Waals surface area contributed by atoms with Gasteiger partial charge in [-0.05, 0) is 39.5 Å². The van der Waals surface area contributed by atoms with Crippen molar-refractivity contribution >= 4 is 27.5 Å². The predicted octanol–water partition coefficient (Wildman–Crippen LogP) is 5.24. The fourth-order valence-electron chi connectivity index (χ4n) is 1.24. The SMILES string of the molecule is CC(C)c1cc(Cl)cc(C(F)(F)F)c1Br. The van der Waals surface area contributed by atoms with E-state index < -0.39 is 11.7 Å². The van der Waals surface area contributed by atoms with Crippen LogP contribution in [-0.2, 0) is 6.18 Å². The van der Waals surface area contributed by atoms with E-state index in [0.29, 0.717) is 5.56 Å². The Morgan fingerprint density at radius 3 is 2.20 bits per heavy atom. The molecule has 1 aromatic rings. The minimum Gasteiger partial charge on any atom is -0.166 e. The summed E-state index contributed by atoms with van der Waals surface area (Å²) < 4.78 is 37.8. The molecule has 5 heteroatoms. The molecule has 0 fully saturated rings. The van der Waals surface area contributed by atoms with Gasteiger partial charge >= 0.3 is 6.18 Å². The summed E-state index contributed by atoms with van der Waals surface area (Å²) in [5.74, 6) is -0.0147. The molecular formula is C10H9BrClF3. The van der Waals surface area contributed by atoms with E-state index >= 15 is 0 Å². The lowest BCUT2D eigenvalue weighted by Crippen LogP contribution is -2.08. The van der Waals surface area contributed by atoms with Gasteiger partial charge in [0.05, 0.1) is 5.56 Å². The maximum atomic E-state index is 12.6. The summed E-state index contributed by atoms with van der Waals surface area (Å²) in [5.41, 5.74) is -0.159. The van der Waals surface area contributed by atoms with Gasteiger partial charge in [0.2, 0.25) is 0 Å². The largest absolute Gasteiger partial charge is 0.417 e. The van der Waals surface area contributed by atoms with Gasteiger partial charge in [0, 0.05) is 9.50 Å². The molecular weight excluding hydrogens is 292 g/mol. The zero-order chi connectivity index (χ0) is 11.8. The van der Waals surface area contributed by atoms with Gasteiger partial charge in [-0.25, -0.2) is 0 Å². The zero-order valence-electron chi connectivity index (χ0n) is 8.12. The summed E-state index contributed by atoms with van der Waals surface area (Å²) in [6.07, 6.45) is -4.38. The van der Waals surface area contributed by atoms with E-state index in [4.69, 9.17) is 11.6 Å². The predicted molar refractivity (Wildman–Crippen MR) is 58.2 cm³/mol. The molecule has 0 amide bonds. The highest BCUT2D eigenvalue weighted by atomic mass is 79.9. The third kappa shape index (κ3) is 2.88. The van der Waals surface area contributed by atoms with E-state index in [1.54, 1.807) is 6.07 Å². The van der Waals surface area contributed by atoms with E-state index in [9.17, 15) is 13.2 Å². The Bertz CT molecular complexity index is 372. The fraction of sp³-hybridized carbons (Fsp3) is 0.400. The molecule has 0 nitrogen and oxygen atoms in total. The maximum absolute atomic E-state index is 12.6. The molecule has 0 unspecified atom stereocenters. The number of hydrogen-bond donors (Lipinski definition) is 0. The minimum absolute atomic E-state index is 0.0147. The van der Waals surface area contributed by atoms with E-state index in [1.165, 1.54) is 0 Å². The molecule has 0 radical (unpaired) electrons. The van der Waals surface area contributed by atoms with Crippen molar-refractivity contribution in [1.29, 1.82) is 0 Å². The van der Waals surface area contributed by atoms with Gasteiger partial charge in [-0.1, -0.05) is 25.4 Å². The topological polar surface area (TPSA) is 0 Å². The molecule has 0 saturated heterocycles. The Labute approximate surface area is 99.6 Å². The first-order valence-corrected chi connectivity index (χ1v) is 5.46. The fourth-order valence-corrected chi connectivity index (χ4v) is 2.37. The molecule has 84 valence electrons. The number of halogens is 5. The molecule has 0 aliphatic carbocycles. The van der Waals surface area contributed by atoms with Crippen molar-refractivity contribution in [2.45, 2.75) is 25.9 Å². The van der Waals surface area contributed by atoms with Gasteiger partial charge in [-0.3, -0.25) is 0 Å². The van der Waals surface area contributed by atoms with Crippen LogP contribution in [0.3, 0.4) is 0 Å². The third-order valence-corrected chi connectivity index (χ3v) is 3.10. The molecule has 0 spiro atoms. The van der Waals surface area contributed by atoms with E-state index in [0.717, 1.165) is 6.07 Å². The maximum Gasteiger partial charge on any atom is 0.417 e. The smallest absolute Gasteiger partial charge is 0.166 e. The van der Waals surface area contributed by atoms with Gasteiger partial charge in [0.25, 0.3) is 0 Å². The van der Waals surface area contributed by atoms with Gasteiger partial charge in [-0.2, -0.15) is 13.2 Å². The van der Waals surface area contributed by atoms with Crippen LogP contribution in [0.25, 0.3) is 0 Å². The first-order chi connectivity index (χ1) is 6.73. The summed E-state index contributed by atoms with van der Waals surface area (Å²) in [6.45, 7) is 3.63. The molecule has 0 aliphatic rings. The zero-order valence-corrected chi connectivity index (χ0v) is 10.5. The van der Waals surface area contributed by atoms with Gasteiger partial charge in [-0.15, -0.1) is 0 Å². The van der Waals surface area contributed by atoms with Crippen molar-refractivity contribution < 1.29 is 13.2 Å². The molecule has 1 aromatic carbocycles. The Balaban J connectivity index is 3.42. The normalized spacial score (nSPS) is 12.3. The van der Waals surface area contributed by atoms with Crippen molar-refractivity contribution in [2.24, 2.45) is 0 Å². The van der Waals surface area contributed by atoms with Gasteiger partial charge < -0.3 is 0 Å². The minimum atomic E-state index is -4.38. The van der Waals surface area contributed by atoms with Crippen molar-refractivity contribution in [3.63, 3.8) is 0 Å². The molecule has 0 saturated carbocycles. The summed E-state index contributed by atoms with van der Waals surface area (Å²) in [5, 5.41) is 0.106. The average Bonchev–Trinajstić information content (AvgIpc) is 2.06. The number of rotatable bonds is 1. The standard InChI is InChI=1S/C10H9BrClF3/c1-5(2)7-3-6(12)4-8(9(7)11)10(13,14)15/h3-5H,1-2H3. The first kappa shape index (κ1) is 12.8. The summed E-state index contributed by atoms with van der Waals surface area (Å²) in [7, 11) is 0. The monoisotopic (exact) mass is 300 g/mol. The van der Waals surface area contributed by atoms with Crippen molar-refractivity contribution in [3.8, 4) is 0 Å². The van der Waals surface area contributed by atoms with E-state index in [-0.39, 0.29) is 15.4 Å². The lowest BCUT2D eigenvalue weighted by molar-refractivity contribution is -0.138. The lowest BCUT2D eigenvalue weighted by Gasteiger charge is -2.15. The third-order valence-electron chi connectivity index (χ3n) is 1.99. The highest BCUT2D eigenvalue weighted by Gasteiger charge is 2.34. The molecule has 0 heterocycles. The molecule has 0 aromatic heterocycles. The van der Waals surface area contributed by atoms with Crippen LogP contribution >= 0.6 is 27.5 Å². The second-order valence-corrected chi connectivity index (χ2v) is 4.74. The van der Waals surface area contributed by atoms with Crippen LogP contribution in [0, 0.1) is 0 Å². The Morgan fingerprint density at radius 2 is 1.80 bits per heavy atom. The Hall–Kier alpha value is -0.220. The molecule has 0 bridgehead atoms. The molecule has 1 rings (SSSR count). The summed E-state index contributed by atoms with van der Waals surface area (Å²) in [6, 6.07) is 2.48. The lowest BCUT2D eigenvalue weighted by atomic mass is 10.0. The highest BCUT2D eigenvalue weighted by Crippen LogP contribution is 2.40. The first-order valence-electron chi connectivity index (χ1n) is 4.29. The van der Waals surface area contributed by atoms with Crippen LogP contribution in [0.2, 0.25) is 5.02 Å². The van der Waals surface area contributed by atoms with Crippen LogP contribution in [0.5, 0.6) is 0 Å². The molecule has 0 atom stereocenters. The molecule has 15 heavy (non-hydrogen) atoms. The second kappa shape index (κ2) is 4.34. The van der Waals surface area contributed by atoms with Crippen molar-refractivity contribution in [1.82, 2.24) is 0 Å². The summed E-state index contributed by atoms with van der Waals surface area (Å²) >= 11 is 8.62. The van der Waals surface area contributed by atoms with E-state index in [1.807, 2.05) is 13.8 Å². The highest BCUT2D eigenvalue weighted by molar-refractivity contribution is 9.10. The van der Waals surface area contributed by atoms with E-state index in [2.05, 4.69) is 15.9 Å². The Kier molecular flexibility index (Phi) is 3.71. The average molecular weight is 302 g/mol. The van der Waals surface area contributed by atoms with Crippen LogP contribution < -0.4 is 0 Å². The number of hydrogen-bond acceptors (Lipinski definition) is 0. The van der Waals surface area contributed by atoms with Crippen molar-refractivity contribution in [2.75, 3.05) is 0 Å². The quantitative estimate of drug-likeness (QED) is 0.665. The van der Waals surface area contributed by atoms with Crippen LogP contribution in [0.15, 0.2) is 16.6 Å². The van der Waals surface area contributed by atoms with Crippen LogP contribution in [0.4, 0.5) is 13.2 Å². The molecule has 0 aliphatic heterocycles. The van der Waals surface area contributed by atoms with Crippen LogP contribution in [0.1, 0.15) is 30.9 Å².